The van der Waals surface area contributed by atoms with Crippen LogP contribution >= 0.6 is 23.8 Å². The fourth-order valence-corrected chi connectivity index (χ4v) is 2.44. The van der Waals surface area contributed by atoms with Crippen LogP contribution in [0, 0.1) is 6.92 Å². The van der Waals surface area contributed by atoms with Crippen LogP contribution in [0.3, 0.4) is 0 Å². The van der Waals surface area contributed by atoms with Crippen LogP contribution in [0.15, 0.2) is 0 Å². The Morgan fingerprint density at radius 1 is 1.53 bits per heavy atom. The zero-order chi connectivity index (χ0) is 13.1. The minimum absolute atomic E-state index is 0.214. The molecule has 1 amide bonds. The molecule has 1 heterocycles. The van der Waals surface area contributed by atoms with E-state index in [-0.39, 0.29) is 5.91 Å². The van der Waals surface area contributed by atoms with Gasteiger partial charge in [-0.25, -0.2) is 0 Å². The van der Waals surface area contributed by atoms with E-state index in [9.17, 15) is 4.79 Å². The standard InChI is InChI=1S/C10H16N4OS2/c1-4-10(5-2,9(11)16)12-8(15)7-6(3)13-14-17-7/h4-5H2,1-3H3,(H2,11,16)(H,12,15). The molecule has 17 heavy (non-hydrogen) atoms. The number of carbonyl (C=O) groups is 1. The van der Waals surface area contributed by atoms with Crippen molar-refractivity contribution in [3.05, 3.63) is 10.6 Å². The number of nitrogens with zero attached hydrogens (tertiary/aromatic N) is 2. The maximum absolute atomic E-state index is 12.1. The van der Waals surface area contributed by atoms with Crippen molar-refractivity contribution in [1.82, 2.24) is 14.9 Å². The summed E-state index contributed by atoms with van der Waals surface area (Å²) < 4.78 is 3.74. The molecule has 3 N–H and O–H groups in total. The second-order valence-electron chi connectivity index (χ2n) is 3.80. The molecular formula is C10H16N4OS2. The molecule has 0 fully saturated rings. The van der Waals surface area contributed by atoms with Gasteiger partial charge in [0.15, 0.2) is 0 Å². The van der Waals surface area contributed by atoms with Crippen molar-refractivity contribution in [2.75, 3.05) is 0 Å². The van der Waals surface area contributed by atoms with E-state index in [0.29, 0.717) is 28.4 Å². The number of hydrogen-bond acceptors (Lipinski definition) is 5. The maximum Gasteiger partial charge on any atom is 0.265 e. The first-order valence-electron chi connectivity index (χ1n) is 5.38. The monoisotopic (exact) mass is 272 g/mol. The van der Waals surface area contributed by atoms with Crippen LogP contribution in [0.5, 0.6) is 0 Å². The number of nitrogens with two attached hydrogens (primary N) is 1. The van der Waals surface area contributed by atoms with Crippen LogP contribution in [0.25, 0.3) is 0 Å². The highest BCUT2D eigenvalue weighted by Gasteiger charge is 2.32. The number of thiocarbonyl (C=S) groups is 1. The van der Waals surface area contributed by atoms with Crippen molar-refractivity contribution in [1.29, 1.82) is 0 Å². The molecule has 0 radical (unpaired) electrons. The van der Waals surface area contributed by atoms with E-state index in [1.807, 2.05) is 13.8 Å². The Balaban J connectivity index is 2.93. The van der Waals surface area contributed by atoms with Crippen molar-refractivity contribution in [3.8, 4) is 0 Å². The Labute approximate surface area is 110 Å². The van der Waals surface area contributed by atoms with Gasteiger partial charge >= 0.3 is 0 Å². The van der Waals surface area contributed by atoms with Gasteiger partial charge in [-0.15, -0.1) is 5.10 Å². The number of nitrogens with one attached hydrogen (secondary N) is 1. The minimum atomic E-state index is -0.622. The van der Waals surface area contributed by atoms with Gasteiger partial charge in [0.25, 0.3) is 5.91 Å². The molecule has 0 spiro atoms. The van der Waals surface area contributed by atoms with Crippen LogP contribution in [-0.4, -0.2) is 26.0 Å². The number of hydrogen-bond donors (Lipinski definition) is 2. The Morgan fingerprint density at radius 2 is 2.12 bits per heavy atom. The predicted octanol–water partition coefficient (Wildman–Crippen LogP) is 1.42. The Bertz CT molecular complexity index is 426. The summed E-state index contributed by atoms with van der Waals surface area (Å²) in [6, 6.07) is 0. The number of rotatable bonds is 5. The fourth-order valence-electron chi connectivity index (χ4n) is 1.55. The first-order valence-corrected chi connectivity index (χ1v) is 6.56. The molecule has 0 saturated carbocycles. The van der Waals surface area contributed by atoms with Gasteiger partial charge < -0.3 is 11.1 Å². The summed E-state index contributed by atoms with van der Waals surface area (Å²) in [7, 11) is 0. The summed E-state index contributed by atoms with van der Waals surface area (Å²) in [6.07, 6.45) is 1.33. The fraction of sp³-hybridized carbons (Fsp3) is 0.600. The largest absolute Gasteiger partial charge is 0.391 e. The van der Waals surface area contributed by atoms with Crippen molar-refractivity contribution >= 4 is 34.6 Å². The number of aromatic nitrogens is 2. The summed E-state index contributed by atoms with van der Waals surface area (Å²) in [6.45, 7) is 5.64. The Morgan fingerprint density at radius 3 is 2.47 bits per heavy atom. The van der Waals surface area contributed by atoms with Gasteiger partial charge in [0.1, 0.15) is 4.88 Å². The summed E-state index contributed by atoms with van der Waals surface area (Å²) >= 11 is 6.12. The highest BCUT2D eigenvalue weighted by atomic mass is 32.1. The Kier molecular flexibility index (Phi) is 4.53. The first kappa shape index (κ1) is 14.0. The molecule has 1 aromatic rings. The van der Waals surface area contributed by atoms with E-state index >= 15 is 0 Å². The molecule has 1 aromatic heterocycles. The van der Waals surface area contributed by atoms with Gasteiger partial charge in [0, 0.05) is 0 Å². The molecule has 0 unspecified atom stereocenters. The van der Waals surface area contributed by atoms with E-state index < -0.39 is 5.54 Å². The first-order chi connectivity index (χ1) is 7.96. The quantitative estimate of drug-likeness (QED) is 0.792. The normalized spacial score (nSPS) is 11.2. The van der Waals surface area contributed by atoms with Crippen LogP contribution in [0.1, 0.15) is 42.1 Å². The van der Waals surface area contributed by atoms with Crippen molar-refractivity contribution < 1.29 is 4.79 Å². The third kappa shape index (κ3) is 2.78. The molecule has 0 aliphatic heterocycles. The zero-order valence-corrected chi connectivity index (χ0v) is 11.7. The number of amides is 1. The lowest BCUT2D eigenvalue weighted by Crippen LogP contribution is -2.55. The SMILES string of the molecule is CCC(CC)(NC(=O)c1snnc1C)C(N)=S. The average Bonchev–Trinajstić information content (AvgIpc) is 2.72. The van der Waals surface area contributed by atoms with Gasteiger partial charge in [-0.05, 0) is 31.3 Å². The minimum Gasteiger partial charge on any atom is -0.391 e. The van der Waals surface area contributed by atoms with Crippen LogP contribution in [0.2, 0.25) is 0 Å². The molecule has 5 nitrogen and oxygen atoms in total. The summed E-state index contributed by atoms with van der Waals surface area (Å²) in [5.41, 5.74) is 5.72. The van der Waals surface area contributed by atoms with E-state index in [1.165, 1.54) is 0 Å². The molecular weight excluding hydrogens is 256 g/mol. The lowest BCUT2D eigenvalue weighted by Gasteiger charge is -2.31. The van der Waals surface area contributed by atoms with Crippen molar-refractivity contribution in [2.24, 2.45) is 5.73 Å². The summed E-state index contributed by atoms with van der Waals surface area (Å²) in [5, 5.41) is 6.71. The lowest BCUT2D eigenvalue weighted by atomic mass is 9.92. The molecule has 7 heteroatoms. The van der Waals surface area contributed by atoms with E-state index in [4.69, 9.17) is 18.0 Å². The van der Waals surface area contributed by atoms with Crippen molar-refractivity contribution in [3.63, 3.8) is 0 Å². The van der Waals surface area contributed by atoms with Gasteiger partial charge in [-0.1, -0.05) is 30.6 Å². The highest BCUT2D eigenvalue weighted by molar-refractivity contribution is 7.80. The van der Waals surface area contributed by atoms with Gasteiger partial charge in [-0.2, -0.15) is 0 Å². The third-order valence-corrected chi connectivity index (χ3v) is 4.11. The average molecular weight is 272 g/mol. The zero-order valence-electron chi connectivity index (χ0n) is 10.1. The predicted molar refractivity (Wildman–Crippen MR) is 72.2 cm³/mol. The number of carbonyl (C=O) groups excluding carboxylic acids is 1. The lowest BCUT2D eigenvalue weighted by molar-refractivity contribution is 0.0923. The number of aryl methyl sites for hydroxylation is 1. The highest BCUT2D eigenvalue weighted by Crippen LogP contribution is 2.18. The second-order valence-corrected chi connectivity index (χ2v) is 4.99. The van der Waals surface area contributed by atoms with Gasteiger partial charge in [0.2, 0.25) is 0 Å². The molecule has 0 aliphatic carbocycles. The molecule has 0 saturated heterocycles. The molecule has 94 valence electrons. The van der Waals surface area contributed by atoms with Gasteiger partial charge in [0.05, 0.1) is 16.2 Å². The third-order valence-electron chi connectivity index (χ3n) is 2.89. The second kappa shape index (κ2) is 5.50. The molecule has 0 aliphatic rings. The van der Waals surface area contributed by atoms with Crippen LogP contribution in [0.4, 0.5) is 0 Å². The molecule has 0 bridgehead atoms. The smallest absolute Gasteiger partial charge is 0.265 e. The van der Waals surface area contributed by atoms with E-state index in [2.05, 4.69) is 14.9 Å². The van der Waals surface area contributed by atoms with Crippen molar-refractivity contribution in [2.45, 2.75) is 39.2 Å². The summed E-state index contributed by atoms with van der Waals surface area (Å²) in [4.78, 5) is 12.9. The molecule has 0 aromatic carbocycles. The van der Waals surface area contributed by atoms with E-state index in [1.54, 1.807) is 6.92 Å². The summed E-state index contributed by atoms with van der Waals surface area (Å²) in [5.74, 6) is -0.214. The van der Waals surface area contributed by atoms with Crippen LogP contribution < -0.4 is 11.1 Å². The van der Waals surface area contributed by atoms with E-state index in [0.717, 1.165) is 11.5 Å². The molecule has 1 rings (SSSR count). The topological polar surface area (TPSA) is 80.9 Å². The molecule has 0 atom stereocenters. The van der Waals surface area contributed by atoms with Crippen LogP contribution in [-0.2, 0) is 0 Å². The Hall–Kier alpha value is -1.08. The van der Waals surface area contributed by atoms with Gasteiger partial charge in [-0.3, -0.25) is 4.79 Å². The maximum atomic E-state index is 12.1.